The molecule has 0 radical (unpaired) electrons. The van der Waals surface area contributed by atoms with Gasteiger partial charge in [-0.1, -0.05) is 6.92 Å². The van der Waals surface area contributed by atoms with E-state index in [0.717, 1.165) is 24.9 Å². The molecular weight excluding hydrogens is 406 g/mol. The molecule has 7 nitrogen and oxygen atoms in total. The Morgan fingerprint density at radius 1 is 1.27 bits per heavy atom. The van der Waals surface area contributed by atoms with Crippen LogP contribution in [0.1, 0.15) is 31.7 Å². The third-order valence-corrected chi connectivity index (χ3v) is 5.71. The molecule has 3 aliphatic rings. The van der Waals surface area contributed by atoms with Gasteiger partial charge in [0, 0.05) is 17.8 Å². The number of aliphatic hydroxyl groups is 1. The zero-order chi connectivity index (χ0) is 21.7. The van der Waals surface area contributed by atoms with Crippen LogP contribution in [0.3, 0.4) is 0 Å². The molecule has 2 amide bonds. The Morgan fingerprint density at radius 3 is 2.60 bits per heavy atom. The van der Waals surface area contributed by atoms with E-state index in [-0.39, 0.29) is 24.3 Å². The molecule has 3 fully saturated rings. The van der Waals surface area contributed by atoms with Gasteiger partial charge in [-0.25, -0.2) is 24.1 Å². The number of nitrogens with one attached hydrogen (secondary N) is 1. The molecule has 11 heteroatoms. The molecule has 2 aromatic rings. The van der Waals surface area contributed by atoms with Gasteiger partial charge in [-0.15, -0.1) is 0 Å². The average molecular weight is 425 g/mol. The number of carbonyl (C=O) groups excluding carboxylic acids is 1. The second kappa shape index (κ2) is 7.15. The summed E-state index contributed by atoms with van der Waals surface area (Å²) in [5.41, 5.74) is -2.18. The first kappa shape index (κ1) is 20.5. The van der Waals surface area contributed by atoms with Crippen molar-refractivity contribution in [2.45, 2.75) is 43.9 Å². The number of anilines is 1. The first-order chi connectivity index (χ1) is 14.1. The fourth-order valence-electron chi connectivity index (χ4n) is 4.61. The van der Waals surface area contributed by atoms with Crippen molar-refractivity contribution in [2.75, 3.05) is 11.9 Å². The van der Waals surface area contributed by atoms with E-state index in [9.17, 15) is 27.5 Å². The topological polar surface area (TPSA) is 91.2 Å². The molecule has 160 valence electrons. The molecule has 30 heavy (non-hydrogen) atoms. The van der Waals surface area contributed by atoms with Crippen molar-refractivity contribution in [3.05, 3.63) is 36.0 Å². The van der Waals surface area contributed by atoms with E-state index >= 15 is 0 Å². The number of hydrogen-bond acceptors (Lipinski definition) is 5. The Kier molecular flexibility index (Phi) is 4.88. The highest BCUT2D eigenvalue weighted by Crippen LogP contribution is 2.49. The van der Waals surface area contributed by atoms with Gasteiger partial charge in [-0.05, 0) is 31.2 Å². The second-order valence-electron chi connectivity index (χ2n) is 7.92. The van der Waals surface area contributed by atoms with Crippen LogP contribution in [0.4, 0.5) is 28.2 Å². The summed E-state index contributed by atoms with van der Waals surface area (Å²) in [4.78, 5) is 25.3. The summed E-state index contributed by atoms with van der Waals surface area (Å²) in [6.45, 7) is 1.87. The van der Waals surface area contributed by atoms with Gasteiger partial charge in [0.05, 0.1) is 30.1 Å². The Hall–Kier alpha value is -2.82. The third kappa shape index (κ3) is 3.47. The molecule has 0 aromatic carbocycles. The number of aliphatic hydroxyl groups excluding tert-OH is 1. The van der Waals surface area contributed by atoms with Crippen LogP contribution < -0.4 is 5.32 Å². The van der Waals surface area contributed by atoms with Gasteiger partial charge >= 0.3 is 12.2 Å². The Balaban J connectivity index is 1.63. The summed E-state index contributed by atoms with van der Waals surface area (Å²) in [7, 11) is 0. The summed E-state index contributed by atoms with van der Waals surface area (Å²) in [6.07, 6.45) is -0.501. The third-order valence-electron chi connectivity index (χ3n) is 5.71. The molecule has 2 saturated heterocycles. The fourth-order valence-corrected chi connectivity index (χ4v) is 4.61. The van der Waals surface area contributed by atoms with Crippen LogP contribution in [-0.4, -0.2) is 49.2 Å². The van der Waals surface area contributed by atoms with E-state index in [0.29, 0.717) is 25.0 Å². The fraction of sp³-hybridized carbons (Fsp3) is 0.474. The van der Waals surface area contributed by atoms with Crippen LogP contribution in [0.5, 0.6) is 0 Å². The van der Waals surface area contributed by atoms with Gasteiger partial charge in [-0.3, -0.25) is 5.32 Å². The molecular formula is C19H19F4N5O2. The lowest BCUT2D eigenvalue weighted by molar-refractivity contribution is -0.137. The van der Waals surface area contributed by atoms with Crippen molar-refractivity contribution >= 4 is 11.8 Å². The Bertz CT molecular complexity index is 968. The normalized spacial score (nSPS) is 25.6. The van der Waals surface area contributed by atoms with Crippen LogP contribution >= 0.6 is 0 Å². The number of hydrogen-bond donors (Lipinski definition) is 2. The van der Waals surface area contributed by atoms with Crippen LogP contribution in [0.25, 0.3) is 11.4 Å². The molecule has 2 N–H and O–H groups in total. The lowest BCUT2D eigenvalue weighted by Gasteiger charge is -2.62. The molecule has 1 saturated carbocycles. The summed E-state index contributed by atoms with van der Waals surface area (Å²) >= 11 is 0. The van der Waals surface area contributed by atoms with E-state index in [2.05, 4.69) is 27.2 Å². The van der Waals surface area contributed by atoms with Gasteiger partial charge in [-0.2, -0.15) is 13.2 Å². The molecule has 2 aromatic heterocycles. The molecule has 2 aliphatic heterocycles. The van der Waals surface area contributed by atoms with Gasteiger partial charge in [0.2, 0.25) is 0 Å². The summed E-state index contributed by atoms with van der Waals surface area (Å²) in [6, 6.07) is 0.443. The molecule has 1 aliphatic carbocycles. The highest BCUT2D eigenvalue weighted by Gasteiger charge is 2.57. The predicted octanol–water partition coefficient (Wildman–Crippen LogP) is 3.46. The van der Waals surface area contributed by atoms with Gasteiger partial charge in [0.1, 0.15) is 5.82 Å². The van der Waals surface area contributed by atoms with Crippen molar-refractivity contribution in [1.29, 1.82) is 0 Å². The number of pyridine rings is 1. The summed E-state index contributed by atoms with van der Waals surface area (Å²) in [5, 5.41) is 12.3. The first-order valence-corrected chi connectivity index (χ1v) is 9.39. The van der Waals surface area contributed by atoms with Crippen molar-refractivity contribution < 1.29 is 27.5 Å². The molecule has 4 heterocycles. The van der Waals surface area contributed by atoms with Crippen LogP contribution in [0, 0.1) is 11.7 Å². The van der Waals surface area contributed by atoms with Gasteiger partial charge in [0.15, 0.2) is 11.6 Å². The van der Waals surface area contributed by atoms with Crippen LogP contribution in [-0.2, 0) is 6.18 Å². The van der Waals surface area contributed by atoms with E-state index in [4.69, 9.17) is 0 Å². The molecule has 2 bridgehead atoms. The number of piperidine rings is 1. The number of carbonyl (C=O) groups is 1. The van der Waals surface area contributed by atoms with Crippen molar-refractivity contribution in [3.63, 3.8) is 0 Å². The van der Waals surface area contributed by atoms with Gasteiger partial charge in [0.25, 0.3) is 0 Å². The molecule has 2 unspecified atom stereocenters. The first-order valence-electron chi connectivity index (χ1n) is 9.39. The zero-order valence-electron chi connectivity index (χ0n) is 15.9. The monoisotopic (exact) mass is 425 g/mol. The lowest BCUT2D eigenvalue weighted by atomic mass is 9.65. The number of halogens is 4. The van der Waals surface area contributed by atoms with E-state index in [1.165, 1.54) is 0 Å². The maximum absolute atomic E-state index is 13.4. The number of rotatable bonds is 3. The lowest BCUT2D eigenvalue weighted by Crippen LogP contribution is -2.73. The van der Waals surface area contributed by atoms with Gasteiger partial charge < -0.3 is 10.0 Å². The number of amides is 2. The largest absolute Gasteiger partial charge is 0.418 e. The number of fused-ring (bicyclic) bond motifs is 2. The minimum Gasteiger partial charge on any atom is -0.394 e. The SMILES string of the molecule is C[C@@H]1CC2CC(CO)(C1)N2C(=O)Nc1cc(-c2ncc(F)cn2)c(C(F)(F)F)cn1. The number of nitrogens with zero attached hydrogens (tertiary/aromatic N) is 4. The molecule has 5 rings (SSSR count). The predicted molar refractivity (Wildman–Crippen MR) is 97.7 cm³/mol. The van der Waals surface area contributed by atoms with Crippen LogP contribution in [0.15, 0.2) is 24.7 Å². The van der Waals surface area contributed by atoms with E-state index in [1.54, 1.807) is 4.90 Å². The highest BCUT2D eigenvalue weighted by atomic mass is 19.4. The van der Waals surface area contributed by atoms with Crippen LogP contribution in [0.2, 0.25) is 0 Å². The molecule has 0 spiro atoms. The number of aromatic nitrogens is 3. The van der Waals surface area contributed by atoms with E-state index < -0.39 is 34.7 Å². The quantitative estimate of drug-likeness (QED) is 0.735. The van der Waals surface area contributed by atoms with Crippen molar-refractivity contribution in [3.8, 4) is 11.4 Å². The Labute approximate surface area is 169 Å². The second-order valence-corrected chi connectivity index (χ2v) is 7.92. The average Bonchev–Trinajstić information content (AvgIpc) is 2.66. The minimum absolute atomic E-state index is 0.0322. The van der Waals surface area contributed by atoms with Crippen molar-refractivity contribution in [1.82, 2.24) is 19.9 Å². The zero-order valence-corrected chi connectivity index (χ0v) is 15.9. The standard InChI is InChI=1S/C19H19F4N5O2/c1-10-2-12-5-18(4-10,9-29)28(12)17(30)27-15-3-13(14(8-24-15)19(21,22)23)16-25-6-11(20)7-26-16/h3,6-8,10,12,29H,2,4-5,9H2,1H3,(H,24,27,30)/t10-,12?,18?/m1/s1. The smallest absolute Gasteiger partial charge is 0.394 e. The van der Waals surface area contributed by atoms with Crippen molar-refractivity contribution in [2.24, 2.45) is 5.92 Å². The number of alkyl halides is 3. The maximum Gasteiger partial charge on any atom is 0.418 e. The number of urea groups is 1. The highest BCUT2D eigenvalue weighted by molar-refractivity contribution is 5.90. The summed E-state index contributed by atoms with van der Waals surface area (Å²) < 4.78 is 53.3. The minimum atomic E-state index is -4.74. The van der Waals surface area contributed by atoms with E-state index in [1.807, 2.05) is 0 Å². The molecule has 3 atom stereocenters. The summed E-state index contributed by atoms with van der Waals surface area (Å²) in [5.74, 6) is -0.890. The Morgan fingerprint density at radius 2 is 1.97 bits per heavy atom. The maximum atomic E-state index is 13.4.